The number of oxazole rings is 1. The highest BCUT2D eigenvalue weighted by Crippen LogP contribution is 2.31. The molecule has 1 fully saturated rings. The van der Waals surface area contributed by atoms with Crippen LogP contribution in [0.15, 0.2) is 46.9 Å². The molecule has 0 radical (unpaired) electrons. The summed E-state index contributed by atoms with van der Waals surface area (Å²) in [7, 11) is -2.00. The van der Waals surface area contributed by atoms with Crippen molar-refractivity contribution in [3.05, 3.63) is 48.4 Å². The van der Waals surface area contributed by atoms with E-state index in [1.165, 1.54) is 7.11 Å². The lowest BCUT2D eigenvalue weighted by Gasteiger charge is -2.31. The highest BCUT2D eigenvalue weighted by atomic mass is 32.2. The van der Waals surface area contributed by atoms with E-state index in [0.717, 1.165) is 23.9 Å². The number of benzene rings is 2. The van der Waals surface area contributed by atoms with Gasteiger partial charge in [-0.25, -0.2) is 18.2 Å². The quantitative estimate of drug-likeness (QED) is 0.577. The van der Waals surface area contributed by atoms with E-state index in [9.17, 15) is 13.2 Å². The van der Waals surface area contributed by atoms with Crippen molar-refractivity contribution in [2.75, 3.05) is 36.0 Å². The molecule has 2 N–H and O–H groups in total. The minimum Gasteiger partial charge on any atom is -0.494 e. The van der Waals surface area contributed by atoms with E-state index >= 15 is 0 Å². The van der Waals surface area contributed by atoms with Gasteiger partial charge < -0.3 is 19.4 Å². The average molecular weight is 459 g/mol. The molecule has 1 aliphatic heterocycles. The van der Waals surface area contributed by atoms with Crippen LogP contribution in [0.3, 0.4) is 0 Å². The van der Waals surface area contributed by atoms with Crippen LogP contribution in [-0.4, -0.2) is 50.3 Å². The summed E-state index contributed by atoms with van der Waals surface area (Å²) in [5.74, 6) is 0.952. The van der Waals surface area contributed by atoms with Gasteiger partial charge in [0.05, 0.1) is 24.5 Å². The van der Waals surface area contributed by atoms with Crippen LogP contribution >= 0.6 is 0 Å². The van der Waals surface area contributed by atoms with Gasteiger partial charge in [0.2, 0.25) is 10.0 Å². The standard InChI is InChI=1S/C22H26N4O5S/c1-3-32(28,29)25-18-11-10-16(13-20(18)30-2)23-22(27)26-12-6-7-15(14-26)21-24-17-8-4-5-9-19(17)31-21/h4-5,8-11,13,15,25H,3,6-7,12,14H2,1-2H3,(H,23,27). The Labute approximate surface area is 186 Å². The van der Waals surface area contributed by atoms with Crippen molar-refractivity contribution in [1.82, 2.24) is 9.88 Å². The third-order valence-electron chi connectivity index (χ3n) is 5.47. The number of likely N-dealkylation sites (tertiary alicyclic amines) is 1. The number of aromatic nitrogens is 1. The summed E-state index contributed by atoms with van der Waals surface area (Å²) >= 11 is 0. The van der Waals surface area contributed by atoms with E-state index in [-0.39, 0.29) is 17.7 Å². The maximum Gasteiger partial charge on any atom is 0.321 e. The minimum absolute atomic E-state index is 0.0299. The van der Waals surface area contributed by atoms with Crippen molar-refractivity contribution in [3.63, 3.8) is 0 Å². The van der Waals surface area contributed by atoms with Gasteiger partial charge in [-0.05, 0) is 44.0 Å². The Kier molecular flexibility index (Phi) is 6.22. The van der Waals surface area contributed by atoms with Gasteiger partial charge in [-0.15, -0.1) is 0 Å². The number of urea groups is 1. The highest BCUT2D eigenvalue weighted by Gasteiger charge is 2.28. The first-order valence-electron chi connectivity index (χ1n) is 10.5. The van der Waals surface area contributed by atoms with Crippen molar-refractivity contribution < 1.29 is 22.4 Å². The fraction of sp³-hybridized carbons (Fsp3) is 0.364. The number of para-hydroxylation sites is 2. The number of sulfonamides is 1. The average Bonchev–Trinajstić information content (AvgIpc) is 3.24. The number of piperidine rings is 1. The second kappa shape index (κ2) is 9.07. The summed E-state index contributed by atoms with van der Waals surface area (Å²) in [5, 5.41) is 2.87. The normalized spacial score (nSPS) is 16.7. The maximum atomic E-state index is 12.9. The summed E-state index contributed by atoms with van der Waals surface area (Å²) in [6.07, 6.45) is 1.74. The van der Waals surface area contributed by atoms with Gasteiger partial charge in [0.15, 0.2) is 11.5 Å². The summed E-state index contributed by atoms with van der Waals surface area (Å²) in [5.41, 5.74) is 2.39. The Bertz CT molecular complexity index is 1190. The van der Waals surface area contributed by atoms with Crippen LogP contribution in [0.25, 0.3) is 11.1 Å². The Balaban J connectivity index is 1.45. The first-order valence-corrected chi connectivity index (χ1v) is 12.1. The van der Waals surface area contributed by atoms with Gasteiger partial charge in [-0.1, -0.05) is 12.1 Å². The number of fused-ring (bicyclic) bond motifs is 1. The molecule has 2 amide bonds. The molecular weight excluding hydrogens is 432 g/mol. The number of methoxy groups -OCH3 is 1. The van der Waals surface area contributed by atoms with E-state index in [0.29, 0.717) is 36.1 Å². The third kappa shape index (κ3) is 4.80. The van der Waals surface area contributed by atoms with Crippen LogP contribution in [0.1, 0.15) is 31.6 Å². The number of ether oxygens (including phenoxy) is 1. The zero-order valence-corrected chi connectivity index (χ0v) is 18.8. The number of amides is 2. The summed E-state index contributed by atoms with van der Waals surface area (Å²) < 4.78 is 37.4. The van der Waals surface area contributed by atoms with Crippen molar-refractivity contribution in [1.29, 1.82) is 0 Å². The maximum absolute atomic E-state index is 12.9. The molecule has 3 aromatic rings. The Hall–Kier alpha value is -3.27. The smallest absolute Gasteiger partial charge is 0.321 e. The molecule has 170 valence electrons. The third-order valence-corrected chi connectivity index (χ3v) is 6.76. The molecule has 2 aromatic carbocycles. The van der Waals surface area contributed by atoms with Crippen molar-refractivity contribution >= 4 is 38.5 Å². The number of hydrogen-bond donors (Lipinski definition) is 2. The second-order valence-corrected chi connectivity index (χ2v) is 9.67. The van der Waals surface area contributed by atoms with Gasteiger partial charge in [0, 0.05) is 24.8 Å². The molecule has 0 aliphatic carbocycles. The topological polar surface area (TPSA) is 114 Å². The number of hydrogen-bond acceptors (Lipinski definition) is 6. The van der Waals surface area contributed by atoms with E-state index < -0.39 is 10.0 Å². The Morgan fingerprint density at radius 3 is 2.84 bits per heavy atom. The van der Waals surface area contributed by atoms with Crippen LogP contribution < -0.4 is 14.8 Å². The van der Waals surface area contributed by atoms with Crippen LogP contribution in [-0.2, 0) is 10.0 Å². The molecule has 1 aromatic heterocycles. The van der Waals surface area contributed by atoms with Gasteiger partial charge in [0.1, 0.15) is 11.3 Å². The van der Waals surface area contributed by atoms with Crippen LogP contribution in [0.2, 0.25) is 0 Å². The number of rotatable bonds is 6. The number of nitrogens with zero attached hydrogens (tertiary/aromatic N) is 2. The van der Waals surface area contributed by atoms with Crippen molar-refractivity contribution in [3.8, 4) is 5.75 Å². The zero-order valence-electron chi connectivity index (χ0n) is 18.0. The molecule has 1 aliphatic rings. The van der Waals surface area contributed by atoms with Crippen molar-refractivity contribution in [2.24, 2.45) is 0 Å². The second-order valence-electron chi connectivity index (χ2n) is 7.66. The first-order chi connectivity index (χ1) is 15.4. The molecule has 1 atom stereocenters. The molecule has 1 unspecified atom stereocenters. The largest absolute Gasteiger partial charge is 0.494 e. The number of anilines is 2. The lowest BCUT2D eigenvalue weighted by Crippen LogP contribution is -2.41. The predicted octanol–water partition coefficient (Wildman–Crippen LogP) is 4.01. The Morgan fingerprint density at radius 1 is 1.28 bits per heavy atom. The molecule has 1 saturated heterocycles. The van der Waals surface area contributed by atoms with Gasteiger partial charge in [-0.2, -0.15) is 0 Å². The molecule has 0 bridgehead atoms. The summed E-state index contributed by atoms with van der Waals surface area (Å²) in [4.78, 5) is 19.2. The van der Waals surface area contributed by atoms with Gasteiger partial charge in [-0.3, -0.25) is 4.72 Å². The molecule has 0 spiro atoms. The SMILES string of the molecule is CCS(=O)(=O)Nc1ccc(NC(=O)N2CCCC(c3nc4ccccc4o3)C2)cc1OC. The molecule has 4 rings (SSSR count). The summed E-state index contributed by atoms with van der Waals surface area (Å²) in [6, 6.07) is 12.2. The van der Waals surface area contributed by atoms with Gasteiger partial charge >= 0.3 is 6.03 Å². The van der Waals surface area contributed by atoms with E-state index in [2.05, 4.69) is 15.0 Å². The van der Waals surface area contributed by atoms with Crippen LogP contribution in [0.4, 0.5) is 16.2 Å². The number of carbonyl (C=O) groups excluding carboxylic acids is 1. The molecule has 0 saturated carbocycles. The molecule has 9 nitrogen and oxygen atoms in total. The van der Waals surface area contributed by atoms with Gasteiger partial charge in [0.25, 0.3) is 0 Å². The van der Waals surface area contributed by atoms with Crippen LogP contribution in [0, 0.1) is 0 Å². The summed E-state index contributed by atoms with van der Waals surface area (Å²) in [6.45, 7) is 2.69. The van der Waals surface area contributed by atoms with Crippen LogP contribution in [0.5, 0.6) is 5.75 Å². The number of carbonyl (C=O) groups is 1. The first kappa shape index (κ1) is 21.9. The zero-order chi connectivity index (χ0) is 22.7. The highest BCUT2D eigenvalue weighted by molar-refractivity contribution is 7.92. The van der Waals surface area contributed by atoms with E-state index in [1.54, 1.807) is 30.0 Å². The lowest BCUT2D eigenvalue weighted by molar-refractivity contribution is 0.187. The molecule has 10 heteroatoms. The number of nitrogens with one attached hydrogen (secondary N) is 2. The van der Waals surface area contributed by atoms with E-state index in [4.69, 9.17) is 9.15 Å². The predicted molar refractivity (Wildman–Crippen MR) is 123 cm³/mol. The molecular formula is C22H26N4O5S. The van der Waals surface area contributed by atoms with Crippen molar-refractivity contribution in [2.45, 2.75) is 25.7 Å². The molecule has 2 heterocycles. The fourth-order valence-electron chi connectivity index (χ4n) is 3.72. The Morgan fingerprint density at radius 2 is 2.09 bits per heavy atom. The van der Waals surface area contributed by atoms with E-state index in [1.807, 2.05) is 24.3 Å². The lowest BCUT2D eigenvalue weighted by atomic mass is 9.98. The fourth-order valence-corrected chi connectivity index (χ4v) is 4.37. The molecule has 32 heavy (non-hydrogen) atoms. The monoisotopic (exact) mass is 458 g/mol. The minimum atomic E-state index is -3.44.